The molecule has 0 aromatic heterocycles. The third-order valence-electron chi connectivity index (χ3n) is 3.27. The summed E-state index contributed by atoms with van der Waals surface area (Å²) in [6, 6.07) is 11.4. The van der Waals surface area contributed by atoms with Gasteiger partial charge in [0.25, 0.3) is 0 Å². The van der Waals surface area contributed by atoms with Gasteiger partial charge < -0.3 is 5.11 Å². The molecule has 0 spiro atoms. The van der Waals surface area contributed by atoms with Crippen LogP contribution in [0.4, 0.5) is 0 Å². The largest absolute Gasteiger partial charge is 0.507 e. The molecule has 0 saturated carbocycles. The summed E-state index contributed by atoms with van der Waals surface area (Å²) in [5.74, 6) is 0.0303. The summed E-state index contributed by atoms with van der Waals surface area (Å²) < 4.78 is 0. The lowest BCUT2D eigenvalue weighted by atomic mass is 9.94. The van der Waals surface area contributed by atoms with Crippen LogP contribution in [0.5, 0.6) is 5.75 Å². The van der Waals surface area contributed by atoms with Crippen molar-refractivity contribution in [2.75, 3.05) is 0 Å². The molecular weight excluding hydrogens is 222 g/mol. The maximum absolute atomic E-state index is 9.53. The zero-order chi connectivity index (χ0) is 13.3. The molecular formula is C16H15NO. The van der Waals surface area contributed by atoms with E-state index in [2.05, 4.69) is 32.9 Å². The highest BCUT2D eigenvalue weighted by atomic mass is 16.3. The number of hydrogen-bond acceptors (Lipinski definition) is 2. The summed E-state index contributed by atoms with van der Waals surface area (Å²) in [6.07, 6.45) is 0. The number of rotatable bonds is 1. The number of nitriles is 1. The van der Waals surface area contributed by atoms with E-state index in [4.69, 9.17) is 5.26 Å². The first-order valence-electron chi connectivity index (χ1n) is 5.84. The summed E-state index contributed by atoms with van der Waals surface area (Å²) in [7, 11) is 0. The number of hydrogen-bond donors (Lipinski definition) is 1. The Labute approximate surface area is 107 Å². The highest BCUT2D eigenvalue weighted by Gasteiger charge is 2.07. The van der Waals surface area contributed by atoms with Gasteiger partial charge in [-0.25, -0.2) is 0 Å². The number of nitrogens with zero attached hydrogens (tertiary/aromatic N) is 1. The number of benzene rings is 2. The first-order valence-corrected chi connectivity index (χ1v) is 5.84. The van der Waals surface area contributed by atoms with Crippen LogP contribution in [0.1, 0.15) is 22.3 Å². The van der Waals surface area contributed by atoms with Gasteiger partial charge in [0.2, 0.25) is 0 Å². The molecule has 2 aromatic carbocycles. The molecule has 2 aromatic rings. The van der Waals surface area contributed by atoms with Crippen molar-refractivity contribution in [2.45, 2.75) is 20.8 Å². The van der Waals surface area contributed by atoms with Gasteiger partial charge in [0.05, 0.1) is 5.56 Å². The number of phenolic OH excluding ortho intramolecular Hbond substituents is 1. The highest BCUT2D eigenvalue weighted by molar-refractivity contribution is 5.71. The van der Waals surface area contributed by atoms with E-state index >= 15 is 0 Å². The average Bonchev–Trinajstić information content (AvgIpc) is 2.35. The van der Waals surface area contributed by atoms with Crippen LogP contribution in [0.15, 0.2) is 30.3 Å². The van der Waals surface area contributed by atoms with Crippen molar-refractivity contribution in [1.29, 1.82) is 5.26 Å². The SMILES string of the molecule is Cc1cc(C)c(-c2ccc(O)c(C#N)c2)cc1C. The smallest absolute Gasteiger partial charge is 0.133 e. The van der Waals surface area contributed by atoms with E-state index in [1.807, 2.05) is 12.1 Å². The molecule has 90 valence electrons. The first kappa shape index (κ1) is 12.2. The Kier molecular flexibility index (Phi) is 3.08. The molecule has 0 saturated heterocycles. The fraction of sp³-hybridized carbons (Fsp3) is 0.188. The molecule has 0 heterocycles. The normalized spacial score (nSPS) is 10.1. The molecule has 1 N–H and O–H groups in total. The second-order valence-electron chi connectivity index (χ2n) is 4.60. The minimum Gasteiger partial charge on any atom is -0.507 e. The van der Waals surface area contributed by atoms with Gasteiger partial charge >= 0.3 is 0 Å². The molecule has 0 radical (unpaired) electrons. The number of phenols is 1. The molecule has 0 atom stereocenters. The van der Waals surface area contributed by atoms with Crippen LogP contribution in [-0.4, -0.2) is 5.11 Å². The standard InChI is InChI=1S/C16H15NO/c1-10-6-12(3)15(7-11(10)2)13-4-5-16(18)14(8-13)9-17/h4-8,18H,1-3H3. The summed E-state index contributed by atoms with van der Waals surface area (Å²) in [6.45, 7) is 6.22. The molecule has 2 rings (SSSR count). The number of aryl methyl sites for hydroxylation is 3. The number of aromatic hydroxyl groups is 1. The van der Waals surface area contributed by atoms with Gasteiger partial charge in [0.15, 0.2) is 0 Å². The molecule has 0 bridgehead atoms. The van der Waals surface area contributed by atoms with Gasteiger partial charge in [0, 0.05) is 0 Å². The Balaban J connectivity index is 2.63. The van der Waals surface area contributed by atoms with E-state index in [1.165, 1.54) is 16.7 Å². The highest BCUT2D eigenvalue weighted by Crippen LogP contribution is 2.29. The van der Waals surface area contributed by atoms with Gasteiger partial charge in [0.1, 0.15) is 11.8 Å². The van der Waals surface area contributed by atoms with Crippen molar-refractivity contribution < 1.29 is 5.11 Å². The lowest BCUT2D eigenvalue weighted by Crippen LogP contribution is -1.89. The zero-order valence-corrected chi connectivity index (χ0v) is 10.8. The Morgan fingerprint density at radius 3 is 2.28 bits per heavy atom. The predicted octanol–water partition coefficient (Wildman–Crippen LogP) is 3.86. The van der Waals surface area contributed by atoms with Crippen molar-refractivity contribution in [1.82, 2.24) is 0 Å². The van der Waals surface area contributed by atoms with Gasteiger partial charge in [-0.05, 0) is 60.7 Å². The molecule has 0 amide bonds. The van der Waals surface area contributed by atoms with E-state index < -0.39 is 0 Å². The summed E-state index contributed by atoms with van der Waals surface area (Å²) in [4.78, 5) is 0. The van der Waals surface area contributed by atoms with Crippen molar-refractivity contribution >= 4 is 0 Å². The van der Waals surface area contributed by atoms with Crippen molar-refractivity contribution in [3.05, 3.63) is 52.6 Å². The maximum atomic E-state index is 9.53. The Hall–Kier alpha value is -2.27. The van der Waals surface area contributed by atoms with Gasteiger partial charge in [-0.3, -0.25) is 0 Å². The van der Waals surface area contributed by atoms with Crippen LogP contribution in [-0.2, 0) is 0 Å². The van der Waals surface area contributed by atoms with Crippen LogP contribution in [0, 0.1) is 32.1 Å². The van der Waals surface area contributed by atoms with Crippen molar-refractivity contribution in [3.63, 3.8) is 0 Å². The monoisotopic (exact) mass is 237 g/mol. The van der Waals surface area contributed by atoms with Crippen LogP contribution in [0.3, 0.4) is 0 Å². The Bertz CT molecular complexity index is 651. The molecule has 0 aliphatic rings. The second kappa shape index (κ2) is 4.54. The summed E-state index contributed by atoms with van der Waals surface area (Å²) >= 11 is 0. The first-order chi connectivity index (χ1) is 8.52. The fourth-order valence-electron chi connectivity index (χ4n) is 2.06. The quantitative estimate of drug-likeness (QED) is 0.818. The minimum atomic E-state index is 0.0303. The topological polar surface area (TPSA) is 44.0 Å². The molecule has 2 heteroatoms. The van der Waals surface area contributed by atoms with Crippen molar-refractivity contribution in [2.24, 2.45) is 0 Å². The molecule has 0 aliphatic heterocycles. The van der Waals surface area contributed by atoms with Crippen LogP contribution in [0.2, 0.25) is 0 Å². The maximum Gasteiger partial charge on any atom is 0.133 e. The average molecular weight is 237 g/mol. The molecule has 0 fully saturated rings. The Morgan fingerprint density at radius 1 is 0.944 bits per heavy atom. The predicted molar refractivity (Wildman–Crippen MR) is 72.5 cm³/mol. The molecule has 18 heavy (non-hydrogen) atoms. The van der Waals surface area contributed by atoms with E-state index in [1.54, 1.807) is 12.1 Å². The lowest BCUT2D eigenvalue weighted by Gasteiger charge is -2.10. The van der Waals surface area contributed by atoms with Gasteiger partial charge in [-0.1, -0.05) is 18.2 Å². The van der Waals surface area contributed by atoms with Crippen LogP contribution < -0.4 is 0 Å². The minimum absolute atomic E-state index is 0.0303. The third kappa shape index (κ3) is 2.08. The Morgan fingerprint density at radius 2 is 1.61 bits per heavy atom. The third-order valence-corrected chi connectivity index (χ3v) is 3.27. The zero-order valence-electron chi connectivity index (χ0n) is 10.8. The summed E-state index contributed by atoms with van der Waals surface area (Å²) in [5, 5.41) is 18.5. The lowest BCUT2D eigenvalue weighted by molar-refractivity contribution is 0.473. The van der Waals surface area contributed by atoms with Crippen LogP contribution >= 0.6 is 0 Å². The van der Waals surface area contributed by atoms with Gasteiger partial charge in [-0.2, -0.15) is 5.26 Å². The van der Waals surface area contributed by atoms with E-state index in [0.717, 1.165) is 11.1 Å². The van der Waals surface area contributed by atoms with E-state index in [0.29, 0.717) is 5.56 Å². The molecule has 2 nitrogen and oxygen atoms in total. The fourth-order valence-corrected chi connectivity index (χ4v) is 2.06. The molecule has 0 aliphatic carbocycles. The van der Waals surface area contributed by atoms with Crippen LogP contribution in [0.25, 0.3) is 11.1 Å². The van der Waals surface area contributed by atoms with E-state index in [9.17, 15) is 5.11 Å². The van der Waals surface area contributed by atoms with Gasteiger partial charge in [-0.15, -0.1) is 0 Å². The second-order valence-corrected chi connectivity index (χ2v) is 4.60. The molecule has 0 unspecified atom stereocenters. The van der Waals surface area contributed by atoms with E-state index in [-0.39, 0.29) is 5.75 Å². The van der Waals surface area contributed by atoms with Crippen molar-refractivity contribution in [3.8, 4) is 22.9 Å². The summed E-state index contributed by atoms with van der Waals surface area (Å²) in [5.41, 5.74) is 6.04.